The topological polar surface area (TPSA) is 47.6 Å². The summed E-state index contributed by atoms with van der Waals surface area (Å²) in [6, 6.07) is 0. The van der Waals surface area contributed by atoms with Gasteiger partial charge in [-0.1, -0.05) is 0 Å². The first-order valence-electron chi connectivity index (χ1n) is 6.21. The predicted octanol–water partition coefficient (Wildman–Crippen LogP) is 0.954. The van der Waals surface area contributed by atoms with Gasteiger partial charge in [-0.25, -0.2) is 0 Å². The Balaban J connectivity index is 1.85. The molecule has 1 N–H and O–H groups in total. The van der Waals surface area contributed by atoms with Crippen molar-refractivity contribution in [1.82, 2.24) is 5.32 Å². The fourth-order valence-corrected chi connectivity index (χ4v) is 2.75. The van der Waals surface area contributed by atoms with Crippen LogP contribution >= 0.6 is 0 Å². The number of hydrogen-bond donors (Lipinski definition) is 1. The number of methoxy groups -OCH3 is 1. The van der Waals surface area contributed by atoms with E-state index in [-0.39, 0.29) is 18.0 Å². The van der Waals surface area contributed by atoms with E-state index in [1.807, 2.05) is 0 Å². The summed E-state index contributed by atoms with van der Waals surface area (Å²) >= 11 is 0. The molecule has 0 spiro atoms. The molecule has 0 aromatic heterocycles. The highest BCUT2D eigenvalue weighted by Gasteiger charge is 2.36. The highest BCUT2D eigenvalue weighted by atomic mass is 16.5. The SMILES string of the molecule is COC(=O)[C@@H]1CCO[C@@H]1CC1CCNCC1. The predicted molar refractivity (Wildman–Crippen MR) is 60.1 cm³/mol. The molecule has 2 heterocycles. The minimum absolute atomic E-state index is 0.0279. The zero-order chi connectivity index (χ0) is 11.4. The second-order valence-electron chi connectivity index (χ2n) is 4.76. The molecule has 2 fully saturated rings. The van der Waals surface area contributed by atoms with Gasteiger partial charge < -0.3 is 14.8 Å². The quantitative estimate of drug-likeness (QED) is 0.729. The van der Waals surface area contributed by atoms with Gasteiger partial charge >= 0.3 is 5.97 Å². The van der Waals surface area contributed by atoms with Crippen molar-refractivity contribution in [2.45, 2.75) is 31.8 Å². The molecule has 2 saturated heterocycles. The summed E-state index contributed by atoms with van der Waals surface area (Å²) in [4.78, 5) is 11.6. The molecule has 4 heteroatoms. The smallest absolute Gasteiger partial charge is 0.311 e. The minimum atomic E-state index is -0.101. The van der Waals surface area contributed by atoms with Crippen LogP contribution in [0.5, 0.6) is 0 Å². The molecular weight excluding hydrogens is 206 g/mol. The van der Waals surface area contributed by atoms with Crippen LogP contribution in [0.1, 0.15) is 25.7 Å². The second-order valence-corrected chi connectivity index (χ2v) is 4.76. The zero-order valence-corrected chi connectivity index (χ0v) is 9.91. The van der Waals surface area contributed by atoms with Crippen molar-refractivity contribution in [2.24, 2.45) is 11.8 Å². The van der Waals surface area contributed by atoms with Crippen LogP contribution in [-0.4, -0.2) is 38.9 Å². The maximum Gasteiger partial charge on any atom is 0.311 e. The summed E-state index contributed by atoms with van der Waals surface area (Å²) < 4.78 is 10.5. The molecule has 2 aliphatic rings. The average Bonchev–Trinajstić information content (AvgIpc) is 2.77. The molecule has 16 heavy (non-hydrogen) atoms. The normalized spacial score (nSPS) is 31.6. The van der Waals surface area contributed by atoms with E-state index in [1.165, 1.54) is 20.0 Å². The van der Waals surface area contributed by atoms with E-state index >= 15 is 0 Å². The van der Waals surface area contributed by atoms with Gasteiger partial charge in [0.05, 0.1) is 19.1 Å². The Labute approximate surface area is 96.7 Å². The molecule has 0 saturated carbocycles. The van der Waals surface area contributed by atoms with Gasteiger partial charge in [-0.3, -0.25) is 4.79 Å². The molecule has 92 valence electrons. The van der Waals surface area contributed by atoms with Crippen molar-refractivity contribution in [1.29, 1.82) is 0 Å². The van der Waals surface area contributed by atoms with Crippen LogP contribution in [0.3, 0.4) is 0 Å². The monoisotopic (exact) mass is 227 g/mol. The first-order chi connectivity index (χ1) is 7.81. The average molecular weight is 227 g/mol. The zero-order valence-electron chi connectivity index (χ0n) is 9.91. The van der Waals surface area contributed by atoms with Crippen molar-refractivity contribution >= 4 is 5.97 Å². The van der Waals surface area contributed by atoms with E-state index in [4.69, 9.17) is 9.47 Å². The third kappa shape index (κ3) is 2.74. The van der Waals surface area contributed by atoms with Gasteiger partial charge in [0, 0.05) is 6.61 Å². The van der Waals surface area contributed by atoms with E-state index in [1.54, 1.807) is 0 Å². The summed E-state index contributed by atoms with van der Waals surface area (Å²) in [5.74, 6) is 0.577. The molecule has 0 aromatic rings. The summed E-state index contributed by atoms with van der Waals surface area (Å²) in [5.41, 5.74) is 0. The first-order valence-corrected chi connectivity index (χ1v) is 6.21. The van der Waals surface area contributed by atoms with Gasteiger partial charge in [0.25, 0.3) is 0 Å². The Kier molecular flexibility index (Phi) is 4.18. The van der Waals surface area contributed by atoms with Gasteiger partial charge in [-0.15, -0.1) is 0 Å². The molecule has 2 atom stereocenters. The lowest BCUT2D eigenvalue weighted by atomic mass is 9.87. The Morgan fingerprint density at radius 2 is 2.12 bits per heavy atom. The minimum Gasteiger partial charge on any atom is -0.469 e. The summed E-state index contributed by atoms with van der Waals surface area (Å²) in [5, 5.41) is 3.35. The van der Waals surface area contributed by atoms with Crippen LogP contribution in [0.25, 0.3) is 0 Å². The molecule has 0 aromatic carbocycles. The largest absolute Gasteiger partial charge is 0.469 e. The van der Waals surface area contributed by atoms with Crippen LogP contribution < -0.4 is 5.32 Å². The van der Waals surface area contributed by atoms with Crippen LogP contribution in [0.2, 0.25) is 0 Å². The number of carbonyl (C=O) groups is 1. The molecular formula is C12H21NO3. The molecule has 0 radical (unpaired) electrons. The van der Waals surface area contributed by atoms with Gasteiger partial charge in [0.2, 0.25) is 0 Å². The van der Waals surface area contributed by atoms with E-state index in [0.717, 1.165) is 25.9 Å². The van der Waals surface area contributed by atoms with Crippen molar-refractivity contribution in [3.8, 4) is 0 Å². The fourth-order valence-electron chi connectivity index (χ4n) is 2.75. The summed E-state index contributed by atoms with van der Waals surface area (Å²) in [6.45, 7) is 2.90. The number of hydrogen-bond acceptors (Lipinski definition) is 4. The number of esters is 1. The maximum atomic E-state index is 11.6. The Hall–Kier alpha value is -0.610. The lowest BCUT2D eigenvalue weighted by Gasteiger charge is -2.26. The number of piperidine rings is 1. The third-order valence-electron chi connectivity index (χ3n) is 3.74. The molecule has 2 aliphatic heterocycles. The molecule has 0 amide bonds. The maximum absolute atomic E-state index is 11.6. The molecule has 0 bridgehead atoms. The van der Waals surface area contributed by atoms with Crippen molar-refractivity contribution in [3.05, 3.63) is 0 Å². The number of ether oxygens (including phenoxy) is 2. The molecule has 0 aliphatic carbocycles. The Morgan fingerprint density at radius 3 is 2.81 bits per heavy atom. The van der Waals surface area contributed by atoms with Gasteiger partial charge in [0.15, 0.2) is 0 Å². The molecule has 4 nitrogen and oxygen atoms in total. The number of nitrogens with one attached hydrogen (secondary N) is 1. The van der Waals surface area contributed by atoms with Crippen LogP contribution in [0.15, 0.2) is 0 Å². The molecule has 0 unspecified atom stereocenters. The highest BCUT2D eigenvalue weighted by Crippen LogP contribution is 2.30. The Morgan fingerprint density at radius 1 is 1.38 bits per heavy atom. The number of rotatable bonds is 3. The van der Waals surface area contributed by atoms with E-state index < -0.39 is 0 Å². The first kappa shape index (κ1) is 11.9. The van der Waals surface area contributed by atoms with Gasteiger partial charge in [0.1, 0.15) is 0 Å². The standard InChI is InChI=1S/C12H21NO3/c1-15-12(14)10-4-7-16-11(10)8-9-2-5-13-6-3-9/h9-11,13H,2-8H2,1H3/t10-,11-/m1/s1. The van der Waals surface area contributed by atoms with Gasteiger partial charge in [-0.05, 0) is 44.7 Å². The van der Waals surface area contributed by atoms with E-state index in [0.29, 0.717) is 12.5 Å². The second kappa shape index (κ2) is 5.64. The number of carbonyl (C=O) groups excluding carboxylic acids is 1. The third-order valence-corrected chi connectivity index (χ3v) is 3.74. The Bertz CT molecular complexity index is 238. The summed E-state index contributed by atoms with van der Waals surface area (Å²) in [6.07, 6.45) is 4.33. The van der Waals surface area contributed by atoms with Crippen LogP contribution in [0, 0.1) is 11.8 Å². The lowest BCUT2D eigenvalue weighted by molar-refractivity contribution is -0.147. The van der Waals surface area contributed by atoms with Crippen LogP contribution in [-0.2, 0) is 14.3 Å². The van der Waals surface area contributed by atoms with Crippen molar-refractivity contribution in [2.75, 3.05) is 26.8 Å². The molecule has 2 rings (SSSR count). The lowest BCUT2D eigenvalue weighted by Crippen LogP contribution is -2.33. The fraction of sp³-hybridized carbons (Fsp3) is 0.917. The van der Waals surface area contributed by atoms with Crippen LogP contribution in [0.4, 0.5) is 0 Å². The van der Waals surface area contributed by atoms with E-state index in [9.17, 15) is 4.79 Å². The van der Waals surface area contributed by atoms with E-state index in [2.05, 4.69) is 5.32 Å². The van der Waals surface area contributed by atoms with Crippen molar-refractivity contribution < 1.29 is 14.3 Å². The van der Waals surface area contributed by atoms with Gasteiger partial charge in [-0.2, -0.15) is 0 Å². The summed E-state index contributed by atoms with van der Waals surface area (Å²) in [7, 11) is 1.46. The van der Waals surface area contributed by atoms with Crippen molar-refractivity contribution in [3.63, 3.8) is 0 Å². The highest BCUT2D eigenvalue weighted by molar-refractivity contribution is 5.73.